The molecule has 1 spiro atoms. The number of nitrogens with zero attached hydrogens (tertiary/aromatic N) is 3. The Labute approximate surface area is 153 Å². The fraction of sp³-hybridized carbons (Fsp3) is 0.667. The molecule has 1 aliphatic carbocycles. The summed E-state index contributed by atoms with van der Waals surface area (Å²) in [5.41, 5.74) is -0.714. The topological polar surface area (TPSA) is 96.3 Å². The summed E-state index contributed by atoms with van der Waals surface area (Å²) in [4.78, 5) is 42.2. The van der Waals surface area contributed by atoms with Crippen molar-refractivity contribution in [3.05, 3.63) is 18.2 Å². The number of imide groups is 1. The quantitative estimate of drug-likeness (QED) is 0.566. The zero-order chi connectivity index (χ0) is 18.6. The number of nitrogens with one attached hydrogen (secondary N) is 2. The van der Waals surface area contributed by atoms with Gasteiger partial charge >= 0.3 is 6.03 Å². The molecule has 1 aromatic rings. The molecule has 4 amide bonds. The van der Waals surface area contributed by atoms with Crippen LogP contribution in [0.4, 0.5) is 4.79 Å². The number of urea groups is 1. The Balaban J connectivity index is 1.39. The van der Waals surface area contributed by atoms with Crippen LogP contribution in [-0.2, 0) is 16.1 Å². The first-order valence-electron chi connectivity index (χ1n) is 9.40. The average Bonchev–Trinajstić information content (AvgIpc) is 3.13. The first-order chi connectivity index (χ1) is 12.5. The summed E-state index contributed by atoms with van der Waals surface area (Å²) < 4.78 is 2.03. The Hall–Kier alpha value is -2.38. The highest BCUT2D eigenvalue weighted by Crippen LogP contribution is 2.33. The molecule has 1 saturated heterocycles. The molecule has 0 unspecified atom stereocenters. The van der Waals surface area contributed by atoms with Crippen molar-refractivity contribution < 1.29 is 14.4 Å². The maximum Gasteiger partial charge on any atom is 0.325 e. The zero-order valence-corrected chi connectivity index (χ0v) is 15.3. The van der Waals surface area contributed by atoms with Crippen molar-refractivity contribution in [2.75, 3.05) is 13.1 Å². The number of carbonyl (C=O) groups is 3. The molecule has 26 heavy (non-hydrogen) atoms. The molecule has 8 heteroatoms. The number of aromatic nitrogens is 2. The lowest BCUT2D eigenvalue weighted by atomic mass is 9.82. The number of amides is 4. The van der Waals surface area contributed by atoms with Crippen LogP contribution >= 0.6 is 0 Å². The van der Waals surface area contributed by atoms with Gasteiger partial charge in [-0.2, -0.15) is 0 Å². The van der Waals surface area contributed by atoms with Crippen LogP contribution in [0.15, 0.2) is 12.4 Å². The highest BCUT2D eigenvalue weighted by Gasteiger charge is 2.50. The van der Waals surface area contributed by atoms with Crippen molar-refractivity contribution in [2.24, 2.45) is 0 Å². The monoisotopic (exact) mass is 361 g/mol. The molecule has 1 aliphatic heterocycles. The van der Waals surface area contributed by atoms with Crippen molar-refractivity contribution in [2.45, 2.75) is 64.0 Å². The van der Waals surface area contributed by atoms with E-state index in [9.17, 15) is 14.4 Å². The smallest absolute Gasteiger partial charge is 0.325 e. The summed E-state index contributed by atoms with van der Waals surface area (Å²) in [6, 6.07) is -0.361. The van der Waals surface area contributed by atoms with Gasteiger partial charge in [0.2, 0.25) is 5.91 Å². The second-order valence-corrected chi connectivity index (χ2v) is 7.15. The maximum absolute atomic E-state index is 12.6. The minimum atomic E-state index is -0.714. The van der Waals surface area contributed by atoms with Crippen LogP contribution in [0, 0.1) is 6.92 Å². The van der Waals surface area contributed by atoms with Gasteiger partial charge in [-0.1, -0.05) is 19.3 Å². The van der Waals surface area contributed by atoms with Gasteiger partial charge in [0.05, 0.1) is 0 Å². The summed E-state index contributed by atoms with van der Waals surface area (Å²) in [5.74, 6) is 0.648. The van der Waals surface area contributed by atoms with Gasteiger partial charge in [0.15, 0.2) is 0 Å². The van der Waals surface area contributed by atoms with Crippen LogP contribution < -0.4 is 10.6 Å². The molecule has 1 saturated carbocycles. The predicted octanol–water partition coefficient (Wildman–Crippen LogP) is 1.34. The van der Waals surface area contributed by atoms with E-state index in [2.05, 4.69) is 15.6 Å². The molecule has 0 bridgehead atoms. The van der Waals surface area contributed by atoms with E-state index in [1.165, 1.54) is 4.90 Å². The van der Waals surface area contributed by atoms with Crippen LogP contribution in [0.3, 0.4) is 0 Å². The molecule has 2 aliphatic rings. The van der Waals surface area contributed by atoms with E-state index in [1.54, 1.807) is 6.20 Å². The van der Waals surface area contributed by atoms with Crippen LogP contribution in [0.1, 0.15) is 50.8 Å². The summed E-state index contributed by atoms with van der Waals surface area (Å²) >= 11 is 0. The third kappa shape index (κ3) is 3.89. The minimum Gasteiger partial charge on any atom is -0.356 e. The Morgan fingerprint density at radius 3 is 2.73 bits per heavy atom. The summed E-state index contributed by atoms with van der Waals surface area (Å²) in [6.07, 6.45) is 9.02. The van der Waals surface area contributed by atoms with Gasteiger partial charge in [-0.25, -0.2) is 9.78 Å². The molecular weight excluding hydrogens is 334 g/mol. The van der Waals surface area contributed by atoms with Crippen molar-refractivity contribution >= 4 is 17.8 Å². The number of hydrogen-bond donors (Lipinski definition) is 2. The van der Waals surface area contributed by atoms with Gasteiger partial charge in [0.1, 0.15) is 11.4 Å². The van der Waals surface area contributed by atoms with E-state index in [-0.39, 0.29) is 30.8 Å². The zero-order valence-electron chi connectivity index (χ0n) is 15.3. The van der Waals surface area contributed by atoms with E-state index in [0.29, 0.717) is 19.4 Å². The fourth-order valence-electron chi connectivity index (χ4n) is 3.79. The molecule has 2 fully saturated rings. The Morgan fingerprint density at radius 2 is 2.04 bits per heavy atom. The first kappa shape index (κ1) is 18.4. The van der Waals surface area contributed by atoms with Gasteiger partial charge in [-0.3, -0.25) is 14.5 Å². The molecule has 0 aromatic carbocycles. The van der Waals surface area contributed by atoms with E-state index < -0.39 is 5.54 Å². The number of carbonyl (C=O) groups excluding carboxylic acids is 3. The largest absolute Gasteiger partial charge is 0.356 e. The van der Waals surface area contributed by atoms with Gasteiger partial charge in [0.25, 0.3) is 5.91 Å². The second kappa shape index (κ2) is 7.88. The molecule has 0 radical (unpaired) electrons. The van der Waals surface area contributed by atoms with Crippen LogP contribution in [0.2, 0.25) is 0 Å². The number of imidazole rings is 1. The Bertz CT molecular complexity index is 678. The molecule has 1 aromatic heterocycles. The third-order valence-electron chi connectivity index (χ3n) is 5.34. The maximum atomic E-state index is 12.6. The summed E-state index contributed by atoms with van der Waals surface area (Å²) in [6.45, 7) is 3.43. The lowest BCUT2D eigenvalue weighted by molar-refractivity contribution is -0.132. The third-order valence-corrected chi connectivity index (χ3v) is 5.34. The van der Waals surface area contributed by atoms with Crippen LogP contribution in [0.5, 0.6) is 0 Å². The van der Waals surface area contributed by atoms with E-state index in [4.69, 9.17) is 0 Å². The SMILES string of the molecule is Cc1nccn1CCCNC(=O)CCN1C(=O)NC2(CCCCC2)C1=O. The van der Waals surface area contributed by atoms with Crippen molar-refractivity contribution in [1.82, 2.24) is 25.1 Å². The number of rotatable bonds is 7. The average molecular weight is 361 g/mol. The summed E-state index contributed by atoms with van der Waals surface area (Å²) in [7, 11) is 0. The van der Waals surface area contributed by atoms with Crippen molar-refractivity contribution in [3.63, 3.8) is 0 Å². The van der Waals surface area contributed by atoms with Crippen LogP contribution in [0.25, 0.3) is 0 Å². The molecule has 3 rings (SSSR count). The van der Waals surface area contributed by atoms with Gasteiger partial charge in [0, 0.05) is 38.4 Å². The van der Waals surface area contributed by atoms with E-state index in [0.717, 1.165) is 38.1 Å². The van der Waals surface area contributed by atoms with Gasteiger partial charge in [-0.05, 0) is 26.2 Å². The number of aryl methyl sites for hydroxylation is 2. The highest BCUT2D eigenvalue weighted by atomic mass is 16.2. The standard InChI is InChI=1S/C18H27N5O3/c1-14-19-10-13-22(14)11-5-9-20-15(24)6-12-23-16(25)18(21-17(23)26)7-3-2-4-8-18/h10,13H,2-9,11-12H2,1H3,(H,20,24)(H,21,26). The van der Waals surface area contributed by atoms with E-state index in [1.807, 2.05) is 17.7 Å². The van der Waals surface area contributed by atoms with Crippen LogP contribution in [-0.4, -0.2) is 50.9 Å². The summed E-state index contributed by atoms with van der Waals surface area (Å²) in [5, 5.41) is 5.71. The minimum absolute atomic E-state index is 0.138. The molecule has 2 N–H and O–H groups in total. The molecule has 0 atom stereocenters. The predicted molar refractivity (Wildman–Crippen MR) is 95.3 cm³/mol. The Kier molecular flexibility index (Phi) is 5.58. The second-order valence-electron chi connectivity index (χ2n) is 7.15. The van der Waals surface area contributed by atoms with Crippen molar-refractivity contribution in [3.8, 4) is 0 Å². The van der Waals surface area contributed by atoms with Gasteiger partial charge < -0.3 is 15.2 Å². The fourth-order valence-corrected chi connectivity index (χ4v) is 3.79. The first-order valence-corrected chi connectivity index (χ1v) is 9.40. The molecule has 142 valence electrons. The van der Waals surface area contributed by atoms with Gasteiger partial charge in [-0.15, -0.1) is 0 Å². The lowest BCUT2D eigenvalue weighted by Crippen LogP contribution is -2.48. The normalized spacial score (nSPS) is 19.0. The highest BCUT2D eigenvalue weighted by molar-refractivity contribution is 6.07. The molecule has 8 nitrogen and oxygen atoms in total. The molecular formula is C18H27N5O3. The Morgan fingerprint density at radius 1 is 1.27 bits per heavy atom. The molecule has 2 heterocycles. The van der Waals surface area contributed by atoms with E-state index >= 15 is 0 Å². The number of hydrogen-bond acceptors (Lipinski definition) is 4. The lowest BCUT2D eigenvalue weighted by Gasteiger charge is -2.30. The van der Waals surface area contributed by atoms with Crippen molar-refractivity contribution in [1.29, 1.82) is 0 Å².